The quantitative estimate of drug-likeness (QED) is 0.900. The van der Waals surface area contributed by atoms with Gasteiger partial charge < -0.3 is 4.74 Å². The first-order chi connectivity index (χ1) is 9.66. The first-order valence-corrected chi connectivity index (χ1v) is 6.55. The van der Waals surface area contributed by atoms with Crippen LogP contribution in [0.15, 0.2) is 54.6 Å². The van der Waals surface area contributed by atoms with Crippen LogP contribution in [-0.4, -0.2) is 5.91 Å². The molecule has 1 saturated heterocycles. The summed E-state index contributed by atoms with van der Waals surface area (Å²) >= 11 is 0. The van der Waals surface area contributed by atoms with Crippen molar-refractivity contribution in [2.75, 3.05) is 0 Å². The minimum absolute atomic E-state index is 0.0112. The van der Waals surface area contributed by atoms with E-state index in [1.54, 1.807) is 0 Å². The van der Waals surface area contributed by atoms with Crippen LogP contribution in [0.2, 0.25) is 0 Å². The van der Waals surface area contributed by atoms with Gasteiger partial charge in [-0.3, -0.25) is 10.2 Å². The van der Waals surface area contributed by atoms with E-state index in [0.717, 1.165) is 17.1 Å². The molecule has 1 fully saturated rings. The molecule has 2 aromatic carbocycles. The molecule has 20 heavy (non-hydrogen) atoms. The van der Waals surface area contributed by atoms with Crippen LogP contribution in [0.4, 0.5) is 0 Å². The lowest BCUT2D eigenvalue weighted by Gasteiger charge is -2.22. The second-order valence-corrected chi connectivity index (χ2v) is 5.12. The molecule has 102 valence electrons. The van der Waals surface area contributed by atoms with Crippen LogP contribution in [0.25, 0.3) is 0 Å². The van der Waals surface area contributed by atoms with Crippen molar-refractivity contribution in [1.29, 1.82) is 0 Å². The maximum Gasteiger partial charge on any atom is 0.236 e. The lowest BCUT2D eigenvalue weighted by molar-refractivity contribution is -0.119. The fourth-order valence-electron chi connectivity index (χ4n) is 2.31. The summed E-state index contributed by atoms with van der Waals surface area (Å²) in [5.74, 6) is 1.60. The number of hydrazine groups is 1. The number of ether oxygens (including phenoxy) is 1. The molecule has 2 aromatic rings. The molecule has 0 spiro atoms. The van der Waals surface area contributed by atoms with E-state index < -0.39 is 0 Å². The van der Waals surface area contributed by atoms with E-state index in [4.69, 9.17) is 4.74 Å². The van der Waals surface area contributed by atoms with Crippen molar-refractivity contribution >= 4 is 5.91 Å². The second-order valence-electron chi connectivity index (χ2n) is 5.12. The maximum atomic E-state index is 11.3. The van der Waals surface area contributed by atoms with E-state index >= 15 is 0 Å². The maximum absolute atomic E-state index is 11.3. The molecule has 3 rings (SSSR count). The lowest BCUT2D eigenvalue weighted by Crippen LogP contribution is -2.38. The van der Waals surface area contributed by atoms with Gasteiger partial charge in [-0.05, 0) is 36.8 Å². The van der Waals surface area contributed by atoms with E-state index in [1.165, 1.54) is 0 Å². The average molecular weight is 268 g/mol. The fraction of sp³-hybridized carbons (Fsp3) is 0.188. The van der Waals surface area contributed by atoms with Gasteiger partial charge in [0.05, 0.1) is 12.0 Å². The molecule has 1 aliphatic rings. The van der Waals surface area contributed by atoms with Gasteiger partial charge in [0.15, 0.2) is 0 Å². The van der Waals surface area contributed by atoms with Gasteiger partial charge in [-0.15, -0.1) is 0 Å². The van der Waals surface area contributed by atoms with E-state index in [9.17, 15) is 4.79 Å². The summed E-state index contributed by atoms with van der Waals surface area (Å²) in [7, 11) is 0. The minimum atomic E-state index is -0.359. The number of carbonyl (C=O) groups excluding carboxylic acids is 1. The van der Waals surface area contributed by atoms with Gasteiger partial charge in [0.2, 0.25) is 5.91 Å². The minimum Gasteiger partial charge on any atom is -0.457 e. The summed E-state index contributed by atoms with van der Waals surface area (Å²) < 4.78 is 5.75. The molecule has 0 saturated carbocycles. The van der Waals surface area contributed by atoms with E-state index in [-0.39, 0.29) is 11.4 Å². The van der Waals surface area contributed by atoms with Crippen molar-refractivity contribution < 1.29 is 9.53 Å². The smallest absolute Gasteiger partial charge is 0.236 e. The predicted octanol–water partition coefficient (Wildman–Crippen LogP) is 2.72. The third-order valence-corrected chi connectivity index (χ3v) is 3.46. The predicted molar refractivity (Wildman–Crippen MR) is 76.2 cm³/mol. The Morgan fingerprint density at radius 3 is 2.25 bits per heavy atom. The highest BCUT2D eigenvalue weighted by Crippen LogP contribution is 2.29. The van der Waals surface area contributed by atoms with E-state index in [2.05, 4.69) is 10.9 Å². The van der Waals surface area contributed by atoms with Gasteiger partial charge in [0, 0.05) is 0 Å². The Morgan fingerprint density at radius 1 is 1.00 bits per heavy atom. The standard InChI is InChI=1S/C16H16N2O2/c1-16(11-15(19)17-18-16)12-7-9-14(10-8-12)20-13-5-3-2-4-6-13/h2-10,18H,11H2,1H3,(H,17,19). The van der Waals surface area contributed by atoms with Crippen LogP contribution in [-0.2, 0) is 10.3 Å². The van der Waals surface area contributed by atoms with Crippen molar-refractivity contribution in [2.24, 2.45) is 0 Å². The molecule has 0 aromatic heterocycles. The highest BCUT2D eigenvalue weighted by molar-refractivity contribution is 5.79. The SMILES string of the molecule is CC1(c2ccc(Oc3ccccc3)cc2)CC(=O)NN1. The largest absolute Gasteiger partial charge is 0.457 e. The average Bonchev–Trinajstić information content (AvgIpc) is 2.81. The first kappa shape index (κ1) is 12.7. The molecule has 2 N–H and O–H groups in total. The van der Waals surface area contributed by atoms with Crippen LogP contribution < -0.4 is 15.6 Å². The zero-order valence-corrected chi connectivity index (χ0v) is 11.2. The molecule has 1 atom stereocenters. The van der Waals surface area contributed by atoms with Gasteiger partial charge in [-0.2, -0.15) is 0 Å². The lowest BCUT2D eigenvalue weighted by atomic mass is 9.90. The molecular formula is C16H16N2O2. The van der Waals surface area contributed by atoms with Crippen molar-refractivity contribution in [3.05, 3.63) is 60.2 Å². The summed E-state index contributed by atoms with van der Waals surface area (Å²) in [4.78, 5) is 11.3. The normalized spacial score (nSPS) is 21.6. The van der Waals surface area contributed by atoms with Gasteiger partial charge in [0.1, 0.15) is 11.5 Å². The van der Waals surface area contributed by atoms with Crippen molar-refractivity contribution in [2.45, 2.75) is 18.9 Å². The van der Waals surface area contributed by atoms with Gasteiger partial charge >= 0.3 is 0 Å². The van der Waals surface area contributed by atoms with E-state index in [0.29, 0.717) is 6.42 Å². The number of rotatable bonds is 3. The zero-order chi connectivity index (χ0) is 14.0. The molecular weight excluding hydrogens is 252 g/mol. The molecule has 1 heterocycles. The zero-order valence-electron chi connectivity index (χ0n) is 11.2. The van der Waals surface area contributed by atoms with Crippen LogP contribution in [0, 0.1) is 0 Å². The Labute approximate surface area is 117 Å². The summed E-state index contributed by atoms with van der Waals surface area (Å²) in [6, 6.07) is 17.4. The summed E-state index contributed by atoms with van der Waals surface area (Å²) in [6.45, 7) is 2.00. The number of carbonyl (C=O) groups is 1. The van der Waals surface area contributed by atoms with Gasteiger partial charge in [0.25, 0.3) is 0 Å². The van der Waals surface area contributed by atoms with Crippen LogP contribution >= 0.6 is 0 Å². The Morgan fingerprint density at radius 2 is 1.65 bits per heavy atom. The second kappa shape index (κ2) is 4.98. The van der Waals surface area contributed by atoms with Gasteiger partial charge in [-0.25, -0.2) is 5.43 Å². The Kier molecular flexibility index (Phi) is 3.16. The molecule has 1 aliphatic heterocycles. The number of hydrogen-bond acceptors (Lipinski definition) is 3. The summed E-state index contributed by atoms with van der Waals surface area (Å²) in [5, 5.41) is 0. The highest BCUT2D eigenvalue weighted by Gasteiger charge is 2.35. The number of amides is 1. The molecule has 1 unspecified atom stereocenters. The molecule has 4 heteroatoms. The Hall–Kier alpha value is -2.33. The summed E-state index contributed by atoms with van der Waals surface area (Å²) in [6.07, 6.45) is 0.436. The van der Waals surface area contributed by atoms with Crippen molar-refractivity contribution in [3.8, 4) is 11.5 Å². The monoisotopic (exact) mass is 268 g/mol. The van der Waals surface area contributed by atoms with Crippen molar-refractivity contribution in [3.63, 3.8) is 0 Å². The molecule has 4 nitrogen and oxygen atoms in total. The highest BCUT2D eigenvalue weighted by atomic mass is 16.5. The number of hydrogen-bond donors (Lipinski definition) is 2. The molecule has 0 radical (unpaired) electrons. The Balaban J connectivity index is 1.76. The molecule has 0 bridgehead atoms. The van der Waals surface area contributed by atoms with E-state index in [1.807, 2.05) is 61.5 Å². The fourth-order valence-corrected chi connectivity index (χ4v) is 2.31. The van der Waals surface area contributed by atoms with Crippen molar-refractivity contribution in [1.82, 2.24) is 10.9 Å². The van der Waals surface area contributed by atoms with Gasteiger partial charge in [-0.1, -0.05) is 30.3 Å². The van der Waals surface area contributed by atoms with Crippen LogP contribution in [0.1, 0.15) is 18.9 Å². The van der Waals surface area contributed by atoms with Crippen LogP contribution in [0.3, 0.4) is 0 Å². The van der Waals surface area contributed by atoms with Crippen LogP contribution in [0.5, 0.6) is 11.5 Å². The Bertz CT molecular complexity index is 610. The summed E-state index contributed by atoms with van der Waals surface area (Å²) in [5.41, 5.74) is 6.36. The third-order valence-electron chi connectivity index (χ3n) is 3.46. The number of nitrogens with one attached hydrogen (secondary N) is 2. The molecule has 0 aliphatic carbocycles. The molecule has 1 amide bonds. The number of para-hydroxylation sites is 1. The number of benzene rings is 2. The topological polar surface area (TPSA) is 50.4 Å². The first-order valence-electron chi connectivity index (χ1n) is 6.55. The third kappa shape index (κ3) is 2.51.